The van der Waals surface area contributed by atoms with Gasteiger partial charge >= 0.3 is 0 Å². The third-order valence-electron chi connectivity index (χ3n) is 4.21. The van der Waals surface area contributed by atoms with Crippen molar-refractivity contribution in [3.8, 4) is 5.75 Å². The molecule has 0 radical (unpaired) electrons. The Labute approximate surface area is 143 Å². The van der Waals surface area contributed by atoms with Gasteiger partial charge in [-0.2, -0.15) is 0 Å². The molecule has 6 heteroatoms. The molecule has 2 unspecified atom stereocenters. The van der Waals surface area contributed by atoms with Gasteiger partial charge in [0, 0.05) is 13.1 Å². The standard InChI is InChI=1S/C18H28N2O4/c1-12(2)8-15(19)18(22)20-9-16(21)17(10-20)24-11-13-4-6-14(23-3)7-5-13/h4-7,12,15-17,21H,8-11,19H2,1-3H3/t15-,16?,17?/m0/s1. The number of hydrogen-bond acceptors (Lipinski definition) is 5. The Morgan fingerprint density at radius 1 is 1.33 bits per heavy atom. The maximum absolute atomic E-state index is 12.3. The number of hydrogen-bond donors (Lipinski definition) is 2. The molecule has 1 saturated heterocycles. The van der Waals surface area contributed by atoms with Crippen LogP contribution in [0.2, 0.25) is 0 Å². The molecule has 1 aliphatic heterocycles. The number of β-amino-alcohol motifs (C(OH)–C–C–N with tert-alkyl or cyclic N) is 1. The molecule has 6 nitrogen and oxygen atoms in total. The van der Waals surface area contributed by atoms with Crippen molar-refractivity contribution in [3.63, 3.8) is 0 Å². The van der Waals surface area contributed by atoms with Gasteiger partial charge in [0.05, 0.1) is 25.9 Å². The molecule has 0 bridgehead atoms. The summed E-state index contributed by atoms with van der Waals surface area (Å²) in [6.07, 6.45) is -0.427. The Hall–Kier alpha value is -1.63. The van der Waals surface area contributed by atoms with Gasteiger partial charge < -0.3 is 25.2 Å². The van der Waals surface area contributed by atoms with Crippen molar-refractivity contribution in [3.05, 3.63) is 29.8 Å². The van der Waals surface area contributed by atoms with E-state index in [0.29, 0.717) is 25.5 Å². The molecule has 2 rings (SSSR count). The van der Waals surface area contributed by atoms with Crippen molar-refractivity contribution in [2.45, 2.75) is 45.1 Å². The van der Waals surface area contributed by atoms with E-state index in [-0.39, 0.29) is 18.6 Å². The molecular weight excluding hydrogens is 308 g/mol. The van der Waals surface area contributed by atoms with E-state index in [4.69, 9.17) is 15.2 Å². The number of likely N-dealkylation sites (tertiary alicyclic amines) is 1. The topological polar surface area (TPSA) is 85.0 Å². The lowest BCUT2D eigenvalue weighted by Crippen LogP contribution is -2.43. The van der Waals surface area contributed by atoms with Crippen molar-refractivity contribution in [2.75, 3.05) is 20.2 Å². The smallest absolute Gasteiger partial charge is 0.239 e. The zero-order chi connectivity index (χ0) is 17.7. The molecule has 3 atom stereocenters. The largest absolute Gasteiger partial charge is 0.497 e. The first-order valence-electron chi connectivity index (χ1n) is 8.37. The predicted octanol–water partition coefficient (Wildman–Crippen LogP) is 1.16. The van der Waals surface area contributed by atoms with Crippen molar-refractivity contribution in [2.24, 2.45) is 11.7 Å². The monoisotopic (exact) mass is 336 g/mol. The summed E-state index contributed by atoms with van der Waals surface area (Å²) in [4.78, 5) is 13.9. The summed E-state index contributed by atoms with van der Waals surface area (Å²) in [6.45, 7) is 5.10. The van der Waals surface area contributed by atoms with E-state index in [0.717, 1.165) is 11.3 Å². The van der Waals surface area contributed by atoms with E-state index in [2.05, 4.69) is 0 Å². The summed E-state index contributed by atoms with van der Waals surface area (Å²) in [5.41, 5.74) is 6.95. The van der Waals surface area contributed by atoms with E-state index in [1.807, 2.05) is 38.1 Å². The maximum atomic E-state index is 12.3. The van der Waals surface area contributed by atoms with Gasteiger partial charge in [-0.3, -0.25) is 4.79 Å². The molecule has 0 spiro atoms. The molecular formula is C18H28N2O4. The van der Waals surface area contributed by atoms with Crippen LogP contribution in [0.4, 0.5) is 0 Å². The highest BCUT2D eigenvalue weighted by atomic mass is 16.5. The molecule has 1 amide bonds. The van der Waals surface area contributed by atoms with Gasteiger partial charge in [-0.15, -0.1) is 0 Å². The fraction of sp³-hybridized carbons (Fsp3) is 0.611. The maximum Gasteiger partial charge on any atom is 0.239 e. The zero-order valence-electron chi connectivity index (χ0n) is 14.6. The van der Waals surface area contributed by atoms with Crippen molar-refractivity contribution in [1.29, 1.82) is 0 Å². The summed E-state index contributed by atoms with van der Waals surface area (Å²) in [7, 11) is 1.62. The molecule has 0 aromatic heterocycles. The third kappa shape index (κ3) is 4.93. The summed E-state index contributed by atoms with van der Waals surface area (Å²) in [5.74, 6) is 1.03. The minimum atomic E-state index is -0.682. The molecule has 24 heavy (non-hydrogen) atoms. The summed E-state index contributed by atoms with van der Waals surface area (Å²) < 4.78 is 10.9. The van der Waals surface area contributed by atoms with E-state index in [1.165, 1.54) is 0 Å². The number of rotatable bonds is 7. The fourth-order valence-corrected chi connectivity index (χ4v) is 2.87. The molecule has 1 aliphatic rings. The number of carbonyl (C=O) groups excluding carboxylic acids is 1. The minimum absolute atomic E-state index is 0.113. The number of ether oxygens (including phenoxy) is 2. The molecule has 1 heterocycles. The SMILES string of the molecule is COc1ccc(COC2CN(C(=O)[C@@H](N)CC(C)C)CC2O)cc1. The lowest BCUT2D eigenvalue weighted by atomic mass is 10.0. The first-order valence-corrected chi connectivity index (χ1v) is 8.37. The average molecular weight is 336 g/mol. The lowest BCUT2D eigenvalue weighted by Gasteiger charge is -2.21. The Bertz CT molecular complexity index is 532. The Morgan fingerprint density at radius 2 is 2.00 bits per heavy atom. The van der Waals surface area contributed by atoms with Crippen LogP contribution < -0.4 is 10.5 Å². The van der Waals surface area contributed by atoms with Crippen molar-refractivity contribution >= 4 is 5.91 Å². The molecule has 3 N–H and O–H groups in total. The lowest BCUT2D eigenvalue weighted by molar-refractivity contribution is -0.132. The van der Waals surface area contributed by atoms with E-state index < -0.39 is 12.1 Å². The van der Waals surface area contributed by atoms with Crippen LogP contribution in [-0.4, -0.2) is 54.4 Å². The van der Waals surface area contributed by atoms with Crippen LogP contribution in [-0.2, 0) is 16.1 Å². The average Bonchev–Trinajstić information content (AvgIpc) is 2.93. The van der Waals surface area contributed by atoms with Gasteiger partial charge in [0.2, 0.25) is 5.91 Å². The van der Waals surface area contributed by atoms with Crippen LogP contribution in [0, 0.1) is 5.92 Å². The van der Waals surface area contributed by atoms with Crippen LogP contribution >= 0.6 is 0 Å². The number of methoxy groups -OCH3 is 1. The van der Waals surface area contributed by atoms with Gasteiger partial charge in [0.25, 0.3) is 0 Å². The second kappa shape index (κ2) is 8.46. The van der Waals surface area contributed by atoms with Crippen LogP contribution in [0.15, 0.2) is 24.3 Å². The zero-order valence-corrected chi connectivity index (χ0v) is 14.6. The number of benzene rings is 1. The first-order chi connectivity index (χ1) is 11.4. The quantitative estimate of drug-likeness (QED) is 0.780. The molecule has 0 saturated carbocycles. The number of nitrogens with two attached hydrogens (primary N) is 1. The number of nitrogens with zero attached hydrogens (tertiary/aromatic N) is 1. The van der Waals surface area contributed by atoms with Gasteiger partial charge in [-0.1, -0.05) is 26.0 Å². The summed E-state index contributed by atoms with van der Waals surface area (Å²) in [5, 5.41) is 10.2. The Balaban J connectivity index is 1.85. The second-order valence-corrected chi connectivity index (χ2v) is 6.74. The Morgan fingerprint density at radius 3 is 2.58 bits per heavy atom. The molecule has 1 aromatic carbocycles. The first kappa shape index (κ1) is 18.7. The molecule has 1 aromatic rings. The van der Waals surface area contributed by atoms with Crippen molar-refractivity contribution in [1.82, 2.24) is 4.90 Å². The molecule has 0 aliphatic carbocycles. The minimum Gasteiger partial charge on any atom is -0.497 e. The normalized spacial score (nSPS) is 22.0. The van der Waals surface area contributed by atoms with Gasteiger partial charge in [-0.25, -0.2) is 0 Å². The highest BCUT2D eigenvalue weighted by molar-refractivity contribution is 5.82. The van der Waals surface area contributed by atoms with E-state index in [9.17, 15) is 9.90 Å². The number of carbonyl (C=O) groups is 1. The van der Waals surface area contributed by atoms with Gasteiger partial charge in [0.15, 0.2) is 0 Å². The van der Waals surface area contributed by atoms with Crippen LogP contribution in [0.3, 0.4) is 0 Å². The van der Waals surface area contributed by atoms with E-state index in [1.54, 1.807) is 12.0 Å². The highest BCUT2D eigenvalue weighted by Crippen LogP contribution is 2.19. The number of aliphatic hydroxyl groups excluding tert-OH is 1. The molecule has 1 fully saturated rings. The summed E-state index contributed by atoms with van der Waals surface area (Å²) >= 11 is 0. The van der Waals surface area contributed by atoms with Crippen LogP contribution in [0.5, 0.6) is 5.75 Å². The van der Waals surface area contributed by atoms with Crippen molar-refractivity contribution < 1.29 is 19.4 Å². The number of aliphatic hydroxyl groups is 1. The van der Waals surface area contributed by atoms with Gasteiger partial charge in [0.1, 0.15) is 11.9 Å². The third-order valence-corrected chi connectivity index (χ3v) is 4.21. The summed E-state index contributed by atoms with van der Waals surface area (Å²) in [6, 6.07) is 7.05. The number of amides is 1. The van der Waals surface area contributed by atoms with Gasteiger partial charge in [-0.05, 0) is 30.0 Å². The van der Waals surface area contributed by atoms with Crippen LogP contribution in [0.1, 0.15) is 25.8 Å². The Kier molecular flexibility index (Phi) is 6.60. The van der Waals surface area contributed by atoms with E-state index >= 15 is 0 Å². The van der Waals surface area contributed by atoms with Crippen LogP contribution in [0.25, 0.3) is 0 Å². The molecule has 134 valence electrons. The predicted molar refractivity (Wildman–Crippen MR) is 91.6 cm³/mol. The fourth-order valence-electron chi connectivity index (χ4n) is 2.87. The highest BCUT2D eigenvalue weighted by Gasteiger charge is 2.36. The second-order valence-electron chi connectivity index (χ2n) is 6.74.